The molecule has 0 fully saturated rings. The lowest BCUT2D eigenvalue weighted by molar-refractivity contribution is -0.120. The number of methoxy groups -OCH3 is 1. The molecule has 1 N–H and O–H groups in total. The molecule has 0 spiro atoms. The SMILES string of the molecule is COc1ccc(CC(=O)NCCOc2ccc(Br)cc2)cc1. The number of carbonyl (C=O) groups excluding carboxylic acids is 1. The number of amides is 1. The van der Waals surface area contributed by atoms with Gasteiger partial charge in [0.25, 0.3) is 0 Å². The first-order valence-corrected chi connectivity index (χ1v) is 7.74. The monoisotopic (exact) mass is 363 g/mol. The van der Waals surface area contributed by atoms with Crippen molar-refractivity contribution in [3.63, 3.8) is 0 Å². The molecule has 22 heavy (non-hydrogen) atoms. The highest BCUT2D eigenvalue weighted by Gasteiger charge is 2.03. The average Bonchev–Trinajstić information content (AvgIpc) is 2.54. The van der Waals surface area contributed by atoms with Crippen LogP contribution in [0.1, 0.15) is 5.56 Å². The third-order valence-electron chi connectivity index (χ3n) is 3.03. The number of rotatable bonds is 7. The van der Waals surface area contributed by atoms with Crippen LogP contribution in [0.15, 0.2) is 53.0 Å². The zero-order chi connectivity index (χ0) is 15.8. The summed E-state index contributed by atoms with van der Waals surface area (Å²) in [6, 6.07) is 15.0. The van der Waals surface area contributed by atoms with E-state index in [1.165, 1.54) is 0 Å². The van der Waals surface area contributed by atoms with Crippen molar-refractivity contribution in [3.05, 3.63) is 58.6 Å². The second-order valence-electron chi connectivity index (χ2n) is 4.68. The molecule has 0 saturated heterocycles. The highest BCUT2D eigenvalue weighted by atomic mass is 79.9. The molecule has 0 bridgehead atoms. The lowest BCUT2D eigenvalue weighted by atomic mass is 10.1. The lowest BCUT2D eigenvalue weighted by Crippen LogP contribution is -2.29. The predicted octanol–water partition coefficient (Wildman–Crippen LogP) is 3.20. The Morgan fingerprint density at radius 2 is 1.68 bits per heavy atom. The standard InChI is InChI=1S/C17H18BrNO3/c1-21-15-6-2-13(3-7-15)12-17(20)19-10-11-22-16-8-4-14(18)5-9-16/h2-9H,10-12H2,1H3,(H,19,20). The minimum absolute atomic E-state index is 0.0235. The minimum Gasteiger partial charge on any atom is -0.497 e. The topological polar surface area (TPSA) is 47.6 Å². The number of benzene rings is 2. The normalized spacial score (nSPS) is 10.1. The van der Waals surface area contributed by atoms with E-state index < -0.39 is 0 Å². The fourth-order valence-corrected chi connectivity index (χ4v) is 2.15. The van der Waals surface area contributed by atoms with Gasteiger partial charge in [0.2, 0.25) is 5.91 Å². The molecular weight excluding hydrogens is 346 g/mol. The molecule has 2 aromatic carbocycles. The van der Waals surface area contributed by atoms with Gasteiger partial charge in [-0.05, 0) is 42.0 Å². The quantitative estimate of drug-likeness (QED) is 0.768. The molecule has 4 nitrogen and oxygen atoms in total. The van der Waals surface area contributed by atoms with E-state index in [0.717, 1.165) is 21.5 Å². The Balaban J connectivity index is 1.67. The first kappa shape index (κ1) is 16.4. The Morgan fingerprint density at radius 1 is 1.05 bits per heavy atom. The highest BCUT2D eigenvalue weighted by molar-refractivity contribution is 9.10. The van der Waals surface area contributed by atoms with E-state index in [-0.39, 0.29) is 5.91 Å². The van der Waals surface area contributed by atoms with Gasteiger partial charge < -0.3 is 14.8 Å². The molecule has 0 aliphatic heterocycles. The molecule has 0 aliphatic rings. The summed E-state index contributed by atoms with van der Waals surface area (Å²) in [6.45, 7) is 0.918. The molecule has 0 aliphatic carbocycles. The van der Waals surface area contributed by atoms with Crippen LogP contribution < -0.4 is 14.8 Å². The van der Waals surface area contributed by atoms with Gasteiger partial charge in [-0.1, -0.05) is 28.1 Å². The maximum absolute atomic E-state index is 11.8. The number of nitrogens with one attached hydrogen (secondary N) is 1. The smallest absolute Gasteiger partial charge is 0.224 e. The van der Waals surface area contributed by atoms with Gasteiger partial charge in [-0.15, -0.1) is 0 Å². The summed E-state index contributed by atoms with van der Waals surface area (Å²) < 4.78 is 11.6. The number of hydrogen-bond acceptors (Lipinski definition) is 3. The van der Waals surface area contributed by atoms with Crippen molar-refractivity contribution in [1.29, 1.82) is 0 Å². The Morgan fingerprint density at radius 3 is 2.32 bits per heavy atom. The summed E-state index contributed by atoms with van der Waals surface area (Å²) in [7, 11) is 1.62. The van der Waals surface area contributed by atoms with E-state index in [2.05, 4.69) is 21.2 Å². The number of ether oxygens (including phenoxy) is 2. The predicted molar refractivity (Wildman–Crippen MR) is 89.3 cm³/mol. The van der Waals surface area contributed by atoms with E-state index in [4.69, 9.17) is 9.47 Å². The van der Waals surface area contributed by atoms with Crippen LogP contribution in [0.5, 0.6) is 11.5 Å². The summed E-state index contributed by atoms with van der Waals surface area (Å²) in [5, 5.41) is 2.84. The molecule has 2 aromatic rings. The maximum atomic E-state index is 11.8. The molecule has 0 saturated carbocycles. The van der Waals surface area contributed by atoms with Crippen LogP contribution in [0.3, 0.4) is 0 Å². The Kier molecular flexibility index (Phi) is 6.27. The van der Waals surface area contributed by atoms with Crippen LogP contribution in [0.4, 0.5) is 0 Å². The largest absolute Gasteiger partial charge is 0.497 e. The van der Waals surface area contributed by atoms with E-state index >= 15 is 0 Å². The van der Waals surface area contributed by atoms with Gasteiger partial charge in [-0.25, -0.2) is 0 Å². The lowest BCUT2D eigenvalue weighted by Gasteiger charge is -2.08. The van der Waals surface area contributed by atoms with E-state index in [0.29, 0.717) is 19.6 Å². The van der Waals surface area contributed by atoms with E-state index in [1.807, 2.05) is 48.5 Å². The molecule has 116 valence electrons. The molecule has 0 aromatic heterocycles. The van der Waals surface area contributed by atoms with Gasteiger partial charge in [-0.2, -0.15) is 0 Å². The molecule has 1 amide bonds. The van der Waals surface area contributed by atoms with Crippen molar-refractivity contribution in [2.45, 2.75) is 6.42 Å². The van der Waals surface area contributed by atoms with Crippen LogP contribution >= 0.6 is 15.9 Å². The van der Waals surface area contributed by atoms with Crippen molar-refractivity contribution in [3.8, 4) is 11.5 Å². The molecule has 0 radical (unpaired) electrons. The van der Waals surface area contributed by atoms with Crippen molar-refractivity contribution in [2.24, 2.45) is 0 Å². The zero-order valence-electron chi connectivity index (χ0n) is 12.3. The molecule has 2 rings (SSSR count). The third-order valence-corrected chi connectivity index (χ3v) is 3.56. The maximum Gasteiger partial charge on any atom is 0.224 e. The molecule has 5 heteroatoms. The Labute approximate surface area is 138 Å². The summed E-state index contributed by atoms with van der Waals surface area (Å²) in [6.07, 6.45) is 0.349. The van der Waals surface area contributed by atoms with Crippen LogP contribution in [0.2, 0.25) is 0 Å². The van der Waals surface area contributed by atoms with E-state index in [9.17, 15) is 4.79 Å². The Bertz CT molecular complexity index is 596. The minimum atomic E-state index is -0.0235. The van der Waals surface area contributed by atoms with Crippen molar-refractivity contribution >= 4 is 21.8 Å². The third kappa shape index (κ3) is 5.41. The van der Waals surface area contributed by atoms with E-state index in [1.54, 1.807) is 7.11 Å². The second-order valence-corrected chi connectivity index (χ2v) is 5.59. The number of halogens is 1. The summed E-state index contributed by atoms with van der Waals surface area (Å²) in [4.78, 5) is 11.8. The van der Waals surface area contributed by atoms with Crippen molar-refractivity contribution in [1.82, 2.24) is 5.32 Å². The molecule has 0 atom stereocenters. The molecule has 0 heterocycles. The van der Waals surface area contributed by atoms with Crippen molar-refractivity contribution < 1.29 is 14.3 Å². The summed E-state index contributed by atoms with van der Waals surface area (Å²) in [5.74, 6) is 1.55. The zero-order valence-corrected chi connectivity index (χ0v) is 13.9. The van der Waals surface area contributed by atoms with Crippen molar-refractivity contribution in [2.75, 3.05) is 20.3 Å². The number of hydrogen-bond donors (Lipinski definition) is 1. The average molecular weight is 364 g/mol. The summed E-state index contributed by atoms with van der Waals surface area (Å²) >= 11 is 3.37. The highest BCUT2D eigenvalue weighted by Crippen LogP contribution is 2.15. The van der Waals surface area contributed by atoms with Gasteiger partial charge in [0.05, 0.1) is 20.1 Å². The number of carbonyl (C=O) groups is 1. The van der Waals surface area contributed by atoms with Crippen LogP contribution in [-0.2, 0) is 11.2 Å². The first-order chi connectivity index (χ1) is 10.7. The Hall–Kier alpha value is -2.01. The first-order valence-electron chi connectivity index (χ1n) is 6.95. The van der Waals surface area contributed by atoms with Gasteiger partial charge in [-0.3, -0.25) is 4.79 Å². The second kappa shape index (κ2) is 8.44. The summed E-state index contributed by atoms with van der Waals surface area (Å²) in [5.41, 5.74) is 0.951. The molecular formula is C17H18BrNO3. The molecule has 0 unspecified atom stereocenters. The van der Waals surface area contributed by atoms with Crippen LogP contribution in [0.25, 0.3) is 0 Å². The fourth-order valence-electron chi connectivity index (χ4n) is 1.88. The van der Waals surface area contributed by atoms with Gasteiger partial charge >= 0.3 is 0 Å². The van der Waals surface area contributed by atoms with Crippen LogP contribution in [0, 0.1) is 0 Å². The van der Waals surface area contributed by atoms with Gasteiger partial charge in [0.1, 0.15) is 18.1 Å². The van der Waals surface area contributed by atoms with Crippen LogP contribution in [-0.4, -0.2) is 26.2 Å². The van der Waals surface area contributed by atoms with Gasteiger partial charge in [0.15, 0.2) is 0 Å². The fraction of sp³-hybridized carbons (Fsp3) is 0.235. The van der Waals surface area contributed by atoms with Gasteiger partial charge in [0, 0.05) is 4.47 Å².